The van der Waals surface area contributed by atoms with Gasteiger partial charge in [-0.25, -0.2) is 4.68 Å². The monoisotopic (exact) mass is 392 g/mol. The number of aryl methyl sites for hydroxylation is 1. The maximum atomic E-state index is 12.3. The number of hydrogen-bond acceptors (Lipinski definition) is 5. The fraction of sp³-hybridized carbons (Fsp3) is 0.333. The highest BCUT2D eigenvalue weighted by molar-refractivity contribution is 5.93. The van der Waals surface area contributed by atoms with E-state index in [1.54, 1.807) is 25.5 Å². The van der Waals surface area contributed by atoms with Gasteiger partial charge in [0, 0.05) is 44.5 Å². The number of nitrogens with one attached hydrogen (secondary N) is 1. The molecule has 1 atom stereocenters. The zero-order valence-corrected chi connectivity index (χ0v) is 16.4. The number of carbonyl (C=O) groups is 1. The number of aromatic nitrogens is 4. The SMILES string of the molecule is Cn1ccc(C(=O)NCC2CCN(Cc3cnnn3-c3ccccc3)C2)cc1=O. The van der Waals surface area contributed by atoms with Gasteiger partial charge in [-0.1, -0.05) is 23.4 Å². The summed E-state index contributed by atoms with van der Waals surface area (Å²) in [6.45, 7) is 3.23. The number of likely N-dealkylation sites (tertiary alicyclic amines) is 1. The normalized spacial score (nSPS) is 16.8. The van der Waals surface area contributed by atoms with Crippen LogP contribution in [0.2, 0.25) is 0 Å². The summed E-state index contributed by atoms with van der Waals surface area (Å²) in [7, 11) is 1.66. The van der Waals surface area contributed by atoms with E-state index in [0.717, 1.165) is 37.4 Å². The number of nitrogens with zero attached hydrogens (tertiary/aromatic N) is 5. The van der Waals surface area contributed by atoms with E-state index in [2.05, 4.69) is 20.5 Å². The summed E-state index contributed by atoms with van der Waals surface area (Å²) in [6.07, 6.45) is 4.43. The number of carbonyl (C=O) groups excluding carboxylic acids is 1. The van der Waals surface area contributed by atoms with Crippen LogP contribution in [0.4, 0.5) is 0 Å². The summed E-state index contributed by atoms with van der Waals surface area (Å²) in [6, 6.07) is 13.0. The van der Waals surface area contributed by atoms with Gasteiger partial charge in [0.05, 0.1) is 17.6 Å². The third-order valence-corrected chi connectivity index (χ3v) is 5.29. The summed E-state index contributed by atoms with van der Waals surface area (Å²) in [5.41, 5.74) is 2.26. The first-order chi connectivity index (χ1) is 14.1. The molecular weight excluding hydrogens is 368 g/mol. The van der Waals surface area contributed by atoms with Crippen LogP contribution in [-0.4, -0.2) is 50.0 Å². The van der Waals surface area contributed by atoms with Gasteiger partial charge in [-0.2, -0.15) is 0 Å². The highest BCUT2D eigenvalue weighted by Gasteiger charge is 2.24. The van der Waals surface area contributed by atoms with Crippen LogP contribution >= 0.6 is 0 Å². The topological polar surface area (TPSA) is 85.1 Å². The van der Waals surface area contributed by atoms with Gasteiger partial charge in [-0.15, -0.1) is 5.10 Å². The standard InChI is InChI=1S/C21H24N6O2/c1-25-9-8-17(11-20(25)28)21(29)22-12-16-7-10-26(14-16)15-19-13-23-24-27(19)18-5-3-2-4-6-18/h2-6,8-9,11,13,16H,7,10,12,14-15H2,1H3,(H,22,29). The van der Waals surface area contributed by atoms with Crippen LogP contribution in [0.25, 0.3) is 5.69 Å². The summed E-state index contributed by atoms with van der Waals surface area (Å²) >= 11 is 0. The molecular formula is C21H24N6O2. The van der Waals surface area contributed by atoms with Crippen molar-refractivity contribution in [3.63, 3.8) is 0 Å². The van der Waals surface area contributed by atoms with Crippen LogP contribution in [-0.2, 0) is 13.6 Å². The maximum Gasteiger partial charge on any atom is 0.251 e. The van der Waals surface area contributed by atoms with Crippen LogP contribution in [0.15, 0.2) is 59.7 Å². The Balaban J connectivity index is 1.31. The van der Waals surface area contributed by atoms with E-state index in [1.165, 1.54) is 10.6 Å². The minimum atomic E-state index is -0.201. The quantitative estimate of drug-likeness (QED) is 0.682. The average molecular weight is 392 g/mol. The molecule has 8 nitrogen and oxygen atoms in total. The molecule has 1 aromatic carbocycles. The van der Waals surface area contributed by atoms with Crippen LogP contribution < -0.4 is 10.9 Å². The molecule has 8 heteroatoms. The number of pyridine rings is 1. The Labute approximate surface area is 168 Å². The summed E-state index contributed by atoms with van der Waals surface area (Å²) in [5.74, 6) is 0.180. The lowest BCUT2D eigenvalue weighted by molar-refractivity contribution is 0.0947. The second-order valence-corrected chi connectivity index (χ2v) is 7.44. The first-order valence-electron chi connectivity index (χ1n) is 9.72. The lowest BCUT2D eigenvalue weighted by Crippen LogP contribution is -2.32. The maximum absolute atomic E-state index is 12.3. The van der Waals surface area contributed by atoms with E-state index >= 15 is 0 Å². The van der Waals surface area contributed by atoms with Crippen molar-refractivity contribution < 1.29 is 4.79 Å². The summed E-state index contributed by atoms with van der Waals surface area (Å²) in [5, 5.41) is 11.2. The molecule has 0 spiro atoms. The van der Waals surface area contributed by atoms with Gasteiger partial charge in [0.2, 0.25) is 0 Å². The molecule has 3 aromatic rings. The van der Waals surface area contributed by atoms with E-state index in [-0.39, 0.29) is 11.5 Å². The number of benzene rings is 1. The molecule has 4 rings (SSSR count). The van der Waals surface area contributed by atoms with Gasteiger partial charge in [-0.3, -0.25) is 14.5 Å². The third kappa shape index (κ3) is 4.43. The highest BCUT2D eigenvalue weighted by atomic mass is 16.2. The molecule has 150 valence electrons. The molecule has 2 aromatic heterocycles. The van der Waals surface area contributed by atoms with Gasteiger partial charge in [0.15, 0.2) is 0 Å². The smallest absolute Gasteiger partial charge is 0.251 e. The van der Waals surface area contributed by atoms with E-state index in [0.29, 0.717) is 18.0 Å². The molecule has 0 bridgehead atoms. The fourth-order valence-corrected chi connectivity index (χ4v) is 3.63. The van der Waals surface area contributed by atoms with Crippen LogP contribution in [0.5, 0.6) is 0 Å². The molecule has 1 N–H and O–H groups in total. The Morgan fingerprint density at radius 1 is 1.24 bits per heavy atom. The van der Waals surface area contributed by atoms with Crippen molar-refractivity contribution in [2.24, 2.45) is 13.0 Å². The van der Waals surface area contributed by atoms with Crippen molar-refractivity contribution >= 4 is 5.91 Å². The zero-order valence-electron chi connectivity index (χ0n) is 16.4. The molecule has 1 fully saturated rings. The minimum Gasteiger partial charge on any atom is -0.352 e. The molecule has 1 aliphatic heterocycles. The highest BCUT2D eigenvalue weighted by Crippen LogP contribution is 2.19. The molecule has 1 unspecified atom stereocenters. The van der Waals surface area contributed by atoms with Crippen molar-refractivity contribution in [1.82, 2.24) is 29.8 Å². The molecule has 0 saturated carbocycles. The van der Waals surface area contributed by atoms with E-state index in [9.17, 15) is 9.59 Å². The first kappa shape index (κ1) is 19.1. The number of amides is 1. The predicted molar refractivity (Wildman–Crippen MR) is 109 cm³/mol. The fourth-order valence-electron chi connectivity index (χ4n) is 3.63. The molecule has 29 heavy (non-hydrogen) atoms. The average Bonchev–Trinajstić information content (AvgIpc) is 3.38. The van der Waals surface area contributed by atoms with Crippen LogP contribution in [0, 0.1) is 5.92 Å². The summed E-state index contributed by atoms with van der Waals surface area (Å²) < 4.78 is 3.31. The van der Waals surface area contributed by atoms with Crippen LogP contribution in [0.1, 0.15) is 22.5 Å². The van der Waals surface area contributed by atoms with Gasteiger partial charge >= 0.3 is 0 Å². The zero-order chi connectivity index (χ0) is 20.2. The first-order valence-corrected chi connectivity index (χ1v) is 9.72. The second-order valence-electron chi connectivity index (χ2n) is 7.44. The van der Waals surface area contributed by atoms with Gasteiger partial charge in [0.25, 0.3) is 11.5 Å². The number of rotatable bonds is 6. The van der Waals surface area contributed by atoms with Gasteiger partial charge < -0.3 is 9.88 Å². The van der Waals surface area contributed by atoms with Crippen molar-refractivity contribution in [1.29, 1.82) is 0 Å². The Morgan fingerprint density at radius 3 is 2.86 bits per heavy atom. The second kappa shape index (κ2) is 8.40. The number of hydrogen-bond donors (Lipinski definition) is 1. The van der Waals surface area contributed by atoms with E-state index in [4.69, 9.17) is 0 Å². The van der Waals surface area contributed by atoms with Crippen LogP contribution in [0.3, 0.4) is 0 Å². The molecule has 0 radical (unpaired) electrons. The minimum absolute atomic E-state index is 0.187. The van der Waals surface area contributed by atoms with E-state index < -0.39 is 0 Å². The lowest BCUT2D eigenvalue weighted by atomic mass is 10.1. The van der Waals surface area contributed by atoms with Crippen molar-refractivity contribution in [2.45, 2.75) is 13.0 Å². The Bertz CT molecular complexity index is 1040. The van der Waals surface area contributed by atoms with E-state index in [1.807, 2.05) is 35.0 Å². The Hall–Kier alpha value is -3.26. The largest absolute Gasteiger partial charge is 0.352 e. The molecule has 1 saturated heterocycles. The molecule has 1 amide bonds. The molecule has 1 aliphatic rings. The van der Waals surface area contributed by atoms with Crippen molar-refractivity contribution in [3.8, 4) is 5.69 Å². The summed E-state index contributed by atoms with van der Waals surface area (Å²) in [4.78, 5) is 26.4. The lowest BCUT2D eigenvalue weighted by Gasteiger charge is -2.17. The van der Waals surface area contributed by atoms with Gasteiger partial charge in [0.1, 0.15) is 0 Å². The third-order valence-electron chi connectivity index (χ3n) is 5.29. The van der Waals surface area contributed by atoms with Crippen molar-refractivity contribution in [2.75, 3.05) is 19.6 Å². The van der Waals surface area contributed by atoms with Gasteiger partial charge in [-0.05, 0) is 37.1 Å². The Kier molecular flexibility index (Phi) is 5.53. The molecule has 0 aliphatic carbocycles. The van der Waals surface area contributed by atoms with Crippen molar-refractivity contribution in [3.05, 3.63) is 76.5 Å². The Morgan fingerprint density at radius 2 is 2.07 bits per heavy atom. The number of para-hydroxylation sites is 1. The molecule has 3 heterocycles. The predicted octanol–water partition coefficient (Wildman–Crippen LogP) is 1.22.